The molecule has 0 amide bonds. The lowest BCUT2D eigenvalue weighted by molar-refractivity contribution is 0.0897. The van der Waals surface area contributed by atoms with Gasteiger partial charge in [-0.3, -0.25) is 9.88 Å². The molecule has 1 saturated heterocycles. The van der Waals surface area contributed by atoms with E-state index in [0.29, 0.717) is 11.6 Å². The predicted octanol–water partition coefficient (Wildman–Crippen LogP) is 5.35. The first kappa shape index (κ1) is 22.3. The molecule has 2 aliphatic rings. The van der Waals surface area contributed by atoms with Gasteiger partial charge in [-0.1, -0.05) is 30.3 Å². The Morgan fingerprint density at radius 3 is 2.76 bits per heavy atom. The molecule has 4 nitrogen and oxygen atoms in total. The summed E-state index contributed by atoms with van der Waals surface area (Å²) in [5.41, 5.74) is 6.57. The summed E-state index contributed by atoms with van der Waals surface area (Å²) in [4.78, 5) is 9.91. The van der Waals surface area contributed by atoms with E-state index in [-0.39, 0.29) is 5.82 Å². The molecule has 0 bridgehead atoms. The third-order valence-electron chi connectivity index (χ3n) is 7.34. The maximum absolute atomic E-state index is 14.3. The first-order valence-electron chi connectivity index (χ1n) is 12.4. The Balaban J connectivity index is 1.31. The minimum absolute atomic E-state index is 0.168. The Bertz CT molecular complexity index is 1110. The number of fused-ring (bicyclic) bond motifs is 2. The predicted molar refractivity (Wildman–Crippen MR) is 134 cm³/mol. The van der Waals surface area contributed by atoms with Crippen LogP contribution in [0.3, 0.4) is 0 Å². The molecular weight excluding hydrogens is 411 g/mol. The molecule has 1 aliphatic carbocycles. The maximum atomic E-state index is 14.3. The molecule has 1 aliphatic heterocycles. The fraction of sp³-hybridized carbons (Fsp3) is 0.464. The minimum Gasteiger partial charge on any atom is -0.384 e. The van der Waals surface area contributed by atoms with Crippen molar-refractivity contribution in [3.63, 3.8) is 0 Å². The van der Waals surface area contributed by atoms with Crippen molar-refractivity contribution < 1.29 is 4.39 Å². The van der Waals surface area contributed by atoms with Crippen molar-refractivity contribution in [1.82, 2.24) is 14.8 Å². The summed E-state index contributed by atoms with van der Waals surface area (Å²) in [6.45, 7) is 7.11. The van der Waals surface area contributed by atoms with Crippen LogP contribution in [-0.2, 0) is 12.8 Å². The van der Waals surface area contributed by atoms with E-state index in [1.807, 2.05) is 13.0 Å². The van der Waals surface area contributed by atoms with E-state index in [4.69, 9.17) is 4.98 Å². The van der Waals surface area contributed by atoms with Gasteiger partial charge in [-0.05, 0) is 68.8 Å². The first-order chi connectivity index (χ1) is 16.1. The minimum atomic E-state index is -0.168. The van der Waals surface area contributed by atoms with Gasteiger partial charge < -0.3 is 10.2 Å². The lowest BCUT2D eigenvalue weighted by Crippen LogP contribution is -2.47. The summed E-state index contributed by atoms with van der Waals surface area (Å²) >= 11 is 0. The molecule has 3 aromatic rings. The average Bonchev–Trinajstić information content (AvgIpc) is 2.83. The van der Waals surface area contributed by atoms with E-state index in [9.17, 15) is 4.39 Å². The molecule has 1 unspecified atom stereocenters. The molecule has 5 heteroatoms. The smallest absolute Gasteiger partial charge is 0.128 e. The molecule has 2 aromatic carbocycles. The second kappa shape index (κ2) is 9.78. The van der Waals surface area contributed by atoms with Crippen LogP contribution in [0.15, 0.2) is 42.5 Å². The van der Waals surface area contributed by atoms with Crippen LogP contribution in [0.25, 0.3) is 10.9 Å². The number of hydrogen-bond donors (Lipinski definition) is 1. The quantitative estimate of drug-likeness (QED) is 0.517. The highest BCUT2D eigenvalue weighted by molar-refractivity contribution is 5.94. The van der Waals surface area contributed by atoms with Crippen molar-refractivity contribution in [2.45, 2.75) is 45.1 Å². The van der Waals surface area contributed by atoms with Crippen LogP contribution in [0.5, 0.6) is 0 Å². The number of likely N-dealkylation sites (N-methyl/N-ethyl adjacent to an activating group) is 1. The summed E-state index contributed by atoms with van der Waals surface area (Å²) in [7, 11) is 2.22. The third kappa shape index (κ3) is 4.75. The van der Waals surface area contributed by atoms with Gasteiger partial charge >= 0.3 is 0 Å². The third-order valence-corrected chi connectivity index (χ3v) is 7.34. The standard InChI is InChI=1S/C28H35FN4/c1-20-17-23-26(18-24(20)29)31-25-12-7-6-11-22(25)28(23)30-13-8-14-33-16-15-32(2)19-27(33)21-9-4-3-5-10-21/h3-5,9-10,17-18,27H,6-8,11-16,19H2,1-2H3,(H,30,31). The monoisotopic (exact) mass is 446 g/mol. The lowest BCUT2D eigenvalue weighted by Gasteiger charge is -2.40. The Labute approximate surface area is 196 Å². The van der Waals surface area contributed by atoms with Crippen molar-refractivity contribution in [1.29, 1.82) is 0 Å². The average molecular weight is 447 g/mol. The van der Waals surface area contributed by atoms with Crippen LogP contribution in [0, 0.1) is 12.7 Å². The number of pyridine rings is 1. The highest BCUT2D eigenvalue weighted by Gasteiger charge is 2.26. The molecule has 2 heterocycles. The van der Waals surface area contributed by atoms with Gasteiger partial charge in [0.2, 0.25) is 0 Å². The number of hydrogen-bond acceptors (Lipinski definition) is 4. The highest BCUT2D eigenvalue weighted by Crippen LogP contribution is 2.34. The van der Waals surface area contributed by atoms with Gasteiger partial charge in [0, 0.05) is 61.6 Å². The van der Waals surface area contributed by atoms with Crippen LogP contribution >= 0.6 is 0 Å². The summed E-state index contributed by atoms with van der Waals surface area (Å²) in [6, 6.07) is 14.9. The van der Waals surface area contributed by atoms with Crippen LogP contribution in [0.4, 0.5) is 10.1 Å². The number of aryl methyl sites for hydroxylation is 2. The van der Waals surface area contributed by atoms with Gasteiger partial charge in [0.15, 0.2) is 0 Å². The SMILES string of the molecule is Cc1cc2c(NCCCN3CCN(C)CC3c3ccccc3)c3c(nc2cc1F)CCCC3. The fourth-order valence-electron chi connectivity index (χ4n) is 5.47. The van der Waals surface area contributed by atoms with E-state index in [1.54, 1.807) is 6.07 Å². The van der Waals surface area contributed by atoms with E-state index in [1.165, 1.54) is 29.7 Å². The Morgan fingerprint density at radius 2 is 1.91 bits per heavy atom. The topological polar surface area (TPSA) is 31.4 Å². The molecule has 33 heavy (non-hydrogen) atoms. The number of anilines is 1. The summed E-state index contributed by atoms with van der Waals surface area (Å²) < 4.78 is 14.3. The Morgan fingerprint density at radius 1 is 1.09 bits per heavy atom. The van der Waals surface area contributed by atoms with E-state index in [2.05, 4.69) is 52.5 Å². The highest BCUT2D eigenvalue weighted by atomic mass is 19.1. The zero-order valence-electron chi connectivity index (χ0n) is 19.9. The molecule has 1 N–H and O–H groups in total. The molecule has 0 radical (unpaired) electrons. The van der Waals surface area contributed by atoms with Crippen LogP contribution in [-0.4, -0.2) is 54.6 Å². The van der Waals surface area contributed by atoms with Gasteiger partial charge in [0.05, 0.1) is 5.52 Å². The number of halogens is 1. The molecule has 0 spiro atoms. The number of piperazine rings is 1. The van der Waals surface area contributed by atoms with Crippen molar-refractivity contribution >= 4 is 16.6 Å². The normalized spacial score (nSPS) is 19.5. The summed E-state index contributed by atoms with van der Waals surface area (Å²) in [6.07, 6.45) is 5.51. The van der Waals surface area contributed by atoms with Gasteiger partial charge in [0.25, 0.3) is 0 Å². The Hall–Kier alpha value is -2.50. The zero-order chi connectivity index (χ0) is 22.8. The first-order valence-corrected chi connectivity index (χ1v) is 12.4. The number of aromatic nitrogens is 1. The van der Waals surface area contributed by atoms with Gasteiger partial charge in [0.1, 0.15) is 5.82 Å². The van der Waals surface area contributed by atoms with Crippen LogP contribution in [0.2, 0.25) is 0 Å². The fourth-order valence-corrected chi connectivity index (χ4v) is 5.47. The van der Waals surface area contributed by atoms with E-state index < -0.39 is 0 Å². The van der Waals surface area contributed by atoms with E-state index >= 15 is 0 Å². The molecule has 5 rings (SSSR count). The molecular formula is C28H35FN4. The van der Waals surface area contributed by atoms with Gasteiger partial charge in [-0.15, -0.1) is 0 Å². The number of rotatable bonds is 6. The van der Waals surface area contributed by atoms with Gasteiger partial charge in [-0.2, -0.15) is 0 Å². The molecule has 174 valence electrons. The summed E-state index contributed by atoms with van der Waals surface area (Å²) in [5.74, 6) is -0.168. The Kier molecular flexibility index (Phi) is 6.61. The van der Waals surface area contributed by atoms with Crippen LogP contribution < -0.4 is 5.32 Å². The number of nitrogens with zero attached hydrogens (tertiary/aromatic N) is 3. The number of nitrogens with one attached hydrogen (secondary N) is 1. The second-order valence-electron chi connectivity index (χ2n) is 9.74. The molecule has 1 aromatic heterocycles. The van der Waals surface area contributed by atoms with Gasteiger partial charge in [-0.25, -0.2) is 4.39 Å². The molecule has 1 fully saturated rings. The lowest BCUT2D eigenvalue weighted by atomic mass is 9.92. The van der Waals surface area contributed by atoms with Crippen molar-refractivity contribution in [3.05, 3.63) is 70.7 Å². The van der Waals surface area contributed by atoms with E-state index in [0.717, 1.165) is 68.6 Å². The molecule has 1 atom stereocenters. The van der Waals surface area contributed by atoms with Crippen molar-refractivity contribution in [2.24, 2.45) is 0 Å². The zero-order valence-corrected chi connectivity index (χ0v) is 19.9. The van der Waals surface area contributed by atoms with Crippen molar-refractivity contribution in [3.8, 4) is 0 Å². The second-order valence-corrected chi connectivity index (χ2v) is 9.74. The molecule has 0 saturated carbocycles. The van der Waals surface area contributed by atoms with Crippen LogP contribution in [0.1, 0.15) is 47.7 Å². The largest absolute Gasteiger partial charge is 0.384 e. The summed E-state index contributed by atoms with van der Waals surface area (Å²) in [5, 5.41) is 4.83. The number of benzene rings is 2. The van der Waals surface area contributed by atoms with Crippen molar-refractivity contribution in [2.75, 3.05) is 45.1 Å². The maximum Gasteiger partial charge on any atom is 0.128 e.